The van der Waals surface area contributed by atoms with Gasteiger partial charge in [-0.25, -0.2) is 13.4 Å². The molecule has 0 N–H and O–H groups in total. The lowest BCUT2D eigenvalue weighted by molar-refractivity contribution is 0.0985. The summed E-state index contributed by atoms with van der Waals surface area (Å²) in [5.74, 6) is 0.396. The molecule has 1 aliphatic rings. The van der Waals surface area contributed by atoms with E-state index in [0.717, 1.165) is 34.5 Å². The summed E-state index contributed by atoms with van der Waals surface area (Å²) in [6.45, 7) is 7.57. The highest BCUT2D eigenvalue weighted by molar-refractivity contribution is 7.92. The normalized spacial score (nSPS) is 13.2. The SMILES string of the molecule is CCOc1cccc2sc(N(CCn3nc(C)cc3C)C(=O)c3ccc(S(=O)(=O)N4CCCc5ccccc54)cc3)nc12. The van der Waals surface area contributed by atoms with Gasteiger partial charge in [-0.05, 0) is 87.7 Å². The Morgan fingerprint density at radius 2 is 1.84 bits per heavy atom. The Morgan fingerprint density at radius 1 is 1.05 bits per heavy atom. The molecular formula is C32H33N5O4S2. The fourth-order valence-electron chi connectivity index (χ4n) is 5.48. The molecule has 2 aromatic heterocycles. The van der Waals surface area contributed by atoms with E-state index in [4.69, 9.17) is 9.72 Å². The van der Waals surface area contributed by atoms with Crippen LogP contribution >= 0.6 is 11.3 Å². The molecule has 222 valence electrons. The topological polar surface area (TPSA) is 97.6 Å². The van der Waals surface area contributed by atoms with Gasteiger partial charge in [0.2, 0.25) is 0 Å². The predicted octanol–water partition coefficient (Wildman–Crippen LogP) is 6.00. The zero-order valence-corrected chi connectivity index (χ0v) is 26.0. The Kier molecular flexibility index (Phi) is 7.93. The second-order valence-corrected chi connectivity index (χ2v) is 13.3. The van der Waals surface area contributed by atoms with E-state index in [2.05, 4.69) is 5.10 Å². The molecule has 3 aromatic carbocycles. The van der Waals surface area contributed by atoms with Crippen molar-refractivity contribution in [3.63, 3.8) is 0 Å². The summed E-state index contributed by atoms with van der Waals surface area (Å²) in [6, 6.07) is 21.6. The van der Waals surface area contributed by atoms with Crippen LogP contribution in [0.5, 0.6) is 5.75 Å². The first-order chi connectivity index (χ1) is 20.8. The lowest BCUT2D eigenvalue weighted by Crippen LogP contribution is -2.36. The van der Waals surface area contributed by atoms with Gasteiger partial charge in [0.15, 0.2) is 5.13 Å². The smallest absolute Gasteiger partial charge is 0.264 e. The third kappa shape index (κ3) is 5.62. The van der Waals surface area contributed by atoms with Crippen LogP contribution in [0.1, 0.15) is 40.7 Å². The zero-order valence-electron chi connectivity index (χ0n) is 24.4. The molecule has 0 saturated carbocycles. The number of carbonyl (C=O) groups is 1. The molecular weight excluding hydrogens is 583 g/mol. The van der Waals surface area contributed by atoms with Crippen LogP contribution in [0, 0.1) is 13.8 Å². The van der Waals surface area contributed by atoms with Gasteiger partial charge in [-0.3, -0.25) is 18.7 Å². The van der Waals surface area contributed by atoms with Gasteiger partial charge in [0, 0.05) is 24.3 Å². The fourth-order valence-corrected chi connectivity index (χ4v) is 8.03. The zero-order chi connectivity index (χ0) is 30.1. The maximum atomic E-state index is 14.0. The number of hydrogen-bond acceptors (Lipinski definition) is 7. The van der Waals surface area contributed by atoms with Crippen molar-refractivity contribution >= 4 is 48.3 Å². The molecule has 0 unspecified atom stereocenters. The van der Waals surface area contributed by atoms with Gasteiger partial charge >= 0.3 is 0 Å². The molecule has 0 fully saturated rings. The number of benzene rings is 3. The molecule has 0 spiro atoms. The lowest BCUT2D eigenvalue weighted by Gasteiger charge is -2.30. The number of amides is 1. The summed E-state index contributed by atoms with van der Waals surface area (Å²) in [5, 5.41) is 5.10. The minimum atomic E-state index is -3.79. The number of hydrogen-bond donors (Lipinski definition) is 0. The number of aromatic nitrogens is 3. The number of rotatable bonds is 9. The monoisotopic (exact) mass is 615 g/mol. The lowest BCUT2D eigenvalue weighted by atomic mass is 10.0. The van der Waals surface area contributed by atoms with Crippen LogP contribution in [0.4, 0.5) is 10.8 Å². The number of sulfonamides is 1. The second-order valence-electron chi connectivity index (χ2n) is 10.5. The summed E-state index contributed by atoms with van der Waals surface area (Å²) in [6.07, 6.45) is 1.60. The Balaban J connectivity index is 1.32. The van der Waals surface area contributed by atoms with Crippen LogP contribution in [0.3, 0.4) is 0 Å². The van der Waals surface area contributed by atoms with Crippen LogP contribution in [0.25, 0.3) is 10.2 Å². The molecule has 6 rings (SSSR count). The number of fused-ring (bicyclic) bond motifs is 2. The second kappa shape index (κ2) is 11.8. The number of anilines is 2. The van der Waals surface area contributed by atoms with Crippen molar-refractivity contribution in [1.29, 1.82) is 0 Å². The first-order valence-electron chi connectivity index (χ1n) is 14.3. The molecule has 0 atom stereocenters. The van der Waals surface area contributed by atoms with Crippen molar-refractivity contribution < 1.29 is 17.9 Å². The van der Waals surface area contributed by atoms with Crippen LogP contribution in [0.2, 0.25) is 0 Å². The third-order valence-corrected chi connectivity index (χ3v) is 10.4. The number of ether oxygens (including phenoxy) is 1. The number of nitrogens with zero attached hydrogens (tertiary/aromatic N) is 5. The van der Waals surface area contributed by atoms with Crippen LogP contribution in [-0.4, -0.2) is 48.8 Å². The van der Waals surface area contributed by atoms with Crippen LogP contribution in [0.15, 0.2) is 77.7 Å². The minimum Gasteiger partial charge on any atom is -0.492 e. The molecule has 9 nitrogen and oxygen atoms in total. The van der Waals surface area contributed by atoms with Crippen molar-refractivity contribution in [3.05, 3.63) is 95.3 Å². The standard InChI is InChI=1S/C32H33N5O4S2/c1-4-41-28-12-7-13-29-30(28)33-32(42-29)35(19-20-36-23(3)21-22(2)34-36)31(38)25-14-16-26(17-15-25)43(39,40)37-18-8-10-24-9-5-6-11-27(24)37/h5-7,9,11-17,21H,4,8,10,18-20H2,1-3H3. The van der Waals surface area contributed by atoms with Crippen molar-refractivity contribution in [3.8, 4) is 5.75 Å². The van der Waals surface area contributed by atoms with Gasteiger partial charge in [-0.2, -0.15) is 5.10 Å². The maximum absolute atomic E-state index is 14.0. The summed E-state index contributed by atoms with van der Waals surface area (Å²) in [5.41, 5.74) is 4.72. The molecule has 0 radical (unpaired) electrons. The van der Waals surface area contributed by atoms with Crippen molar-refractivity contribution in [1.82, 2.24) is 14.8 Å². The van der Waals surface area contributed by atoms with Gasteiger partial charge in [0.05, 0.1) is 34.1 Å². The molecule has 5 aromatic rings. The largest absolute Gasteiger partial charge is 0.492 e. The average Bonchev–Trinajstić information content (AvgIpc) is 3.59. The van der Waals surface area contributed by atoms with E-state index in [0.29, 0.717) is 53.9 Å². The minimum absolute atomic E-state index is 0.149. The Labute approximate surface area is 255 Å². The van der Waals surface area contributed by atoms with E-state index < -0.39 is 10.0 Å². The Hall–Kier alpha value is -4.22. The van der Waals surface area contributed by atoms with Crippen LogP contribution in [-0.2, 0) is 23.0 Å². The van der Waals surface area contributed by atoms with Gasteiger partial charge in [0.1, 0.15) is 11.3 Å². The number of aryl methyl sites for hydroxylation is 3. The molecule has 0 saturated heterocycles. The van der Waals surface area contributed by atoms with E-state index in [1.165, 1.54) is 27.8 Å². The van der Waals surface area contributed by atoms with Gasteiger partial charge in [0.25, 0.3) is 15.9 Å². The fraction of sp³-hybridized carbons (Fsp3) is 0.281. The van der Waals surface area contributed by atoms with Crippen LogP contribution < -0.4 is 13.9 Å². The highest BCUT2D eigenvalue weighted by atomic mass is 32.2. The van der Waals surface area contributed by atoms with Gasteiger partial charge < -0.3 is 4.74 Å². The van der Waals surface area contributed by atoms with E-state index in [-0.39, 0.29) is 10.8 Å². The molecule has 11 heteroatoms. The van der Waals surface area contributed by atoms with E-state index in [9.17, 15) is 13.2 Å². The molecule has 1 aliphatic heterocycles. The van der Waals surface area contributed by atoms with E-state index >= 15 is 0 Å². The van der Waals surface area contributed by atoms with Crippen molar-refractivity contribution in [2.24, 2.45) is 0 Å². The van der Waals surface area contributed by atoms with E-state index in [1.54, 1.807) is 17.0 Å². The first-order valence-corrected chi connectivity index (χ1v) is 16.6. The Bertz CT molecular complexity index is 1900. The number of thiazole rings is 1. The van der Waals surface area contributed by atoms with Gasteiger partial charge in [-0.1, -0.05) is 35.6 Å². The molecule has 0 bridgehead atoms. The molecule has 3 heterocycles. The number of carbonyl (C=O) groups excluding carboxylic acids is 1. The molecule has 43 heavy (non-hydrogen) atoms. The van der Waals surface area contributed by atoms with Crippen molar-refractivity contribution in [2.75, 3.05) is 28.9 Å². The molecule has 0 aliphatic carbocycles. The number of para-hydroxylation sites is 2. The van der Waals surface area contributed by atoms with E-state index in [1.807, 2.05) is 74.0 Å². The summed E-state index contributed by atoms with van der Waals surface area (Å²) in [4.78, 5) is 20.7. The Morgan fingerprint density at radius 3 is 2.58 bits per heavy atom. The third-order valence-electron chi connectivity index (χ3n) is 7.54. The first kappa shape index (κ1) is 28.9. The highest BCUT2D eigenvalue weighted by Crippen LogP contribution is 2.35. The average molecular weight is 616 g/mol. The summed E-state index contributed by atoms with van der Waals surface area (Å²) in [7, 11) is -3.79. The maximum Gasteiger partial charge on any atom is 0.264 e. The predicted molar refractivity (Wildman–Crippen MR) is 170 cm³/mol. The summed E-state index contributed by atoms with van der Waals surface area (Å²) >= 11 is 1.41. The molecule has 1 amide bonds. The van der Waals surface area contributed by atoms with Crippen molar-refractivity contribution in [2.45, 2.75) is 45.1 Å². The quantitative estimate of drug-likeness (QED) is 0.202. The highest BCUT2D eigenvalue weighted by Gasteiger charge is 2.30. The summed E-state index contributed by atoms with van der Waals surface area (Å²) < 4.78 is 37.4. The van der Waals surface area contributed by atoms with Gasteiger partial charge in [-0.15, -0.1) is 0 Å².